The number of halogens is 7. The molecule has 0 radical (unpaired) electrons. The first-order chi connectivity index (χ1) is 16.9. The van der Waals surface area contributed by atoms with E-state index < -0.39 is 53.8 Å². The molecule has 1 aromatic heterocycles. The lowest BCUT2D eigenvalue weighted by Gasteiger charge is -2.35. The van der Waals surface area contributed by atoms with Crippen LogP contribution in [0.4, 0.5) is 42.1 Å². The third-order valence-corrected chi connectivity index (χ3v) is 5.67. The molecule has 0 saturated heterocycles. The Morgan fingerprint density at radius 1 is 0.944 bits per heavy atom. The molecule has 1 heterocycles. The van der Waals surface area contributed by atoms with Crippen LogP contribution in [0.3, 0.4) is 0 Å². The monoisotopic (exact) mass is 512 g/mol. The fraction of sp³-hybridized carbons (Fsp3) is 0.208. The molecule has 36 heavy (non-hydrogen) atoms. The summed E-state index contributed by atoms with van der Waals surface area (Å²) in [6.07, 6.45) is -3.87. The zero-order valence-corrected chi connectivity index (χ0v) is 18.6. The lowest BCUT2D eigenvalue weighted by atomic mass is 10.0. The maximum atomic E-state index is 14.3. The lowest BCUT2D eigenvalue weighted by Crippen LogP contribution is -2.57. The molecule has 3 aromatic carbocycles. The summed E-state index contributed by atoms with van der Waals surface area (Å²) in [5.74, 6) is -3.49. The minimum atomic E-state index is -5.15. The summed E-state index contributed by atoms with van der Waals surface area (Å²) < 4.78 is 98.0. The highest BCUT2D eigenvalue weighted by molar-refractivity contribution is 5.92. The van der Waals surface area contributed by atoms with Gasteiger partial charge in [-0.1, -0.05) is 6.07 Å². The van der Waals surface area contributed by atoms with Gasteiger partial charge in [0.2, 0.25) is 0 Å². The van der Waals surface area contributed by atoms with E-state index in [9.17, 15) is 35.8 Å². The Labute approximate surface area is 200 Å². The molecule has 0 amide bonds. The van der Waals surface area contributed by atoms with Gasteiger partial charge >= 0.3 is 6.18 Å². The van der Waals surface area contributed by atoms with Crippen LogP contribution in [0.15, 0.2) is 60.8 Å². The van der Waals surface area contributed by atoms with E-state index in [1.165, 1.54) is 30.5 Å². The van der Waals surface area contributed by atoms with Crippen LogP contribution >= 0.6 is 0 Å². The van der Waals surface area contributed by atoms with Crippen LogP contribution in [0.2, 0.25) is 0 Å². The summed E-state index contributed by atoms with van der Waals surface area (Å²) in [4.78, 5) is 0.767. The zero-order valence-electron chi connectivity index (χ0n) is 18.6. The maximum Gasteiger partial charge on any atom is 0.420 e. The van der Waals surface area contributed by atoms with Crippen LogP contribution in [0.5, 0.6) is 0 Å². The zero-order chi connectivity index (χ0) is 26.3. The smallest absolute Gasteiger partial charge is 0.381 e. The van der Waals surface area contributed by atoms with Crippen molar-refractivity contribution in [2.24, 2.45) is 0 Å². The minimum Gasteiger partial charge on any atom is -0.381 e. The molecular weight excluding hydrogens is 493 g/mol. The molecule has 0 fully saturated rings. The molecular formula is C24H19F7N4O. The van der Waals surface area contributed by atoms with Crippen LogP contribution in [0.1, 0.15) is 0 Å². The average Bonchev–Trinajstić information content (AvgIpc) is 3.23. The summed E-state index contributed by atoms with van der Waals surface area (Å²) in [5.41, 5.74) is -3.46. The highest BCUT2D eigenvalue weighted by Crippen LogP contribution is 2.34. The normalized spacial score (nSPS) is 13.6. The summed E-state index contributed by atoms with van der Waals surface area (Å²) in [6, 6.07) is 9.64. The van der Waals surface area contributed by atoms with Gasteiger partial charge in [-0.05, 0) is 36.4 Å². The van der Waals surface area contributed by atoms with E-state index in [-0.39, 0.29) is 11.4 Å². The van der Waals surface area contributed by atoms with E-state index in [0.29, 0.717) is 17.0 Å². The number of hydrogen-bond acceptors (Lipinski definition) is 4. The predicted molar refractivity (Wildman–Crippen MR) is 120 cm³/mol. The van der Waals surface area contributed by atoms with E-state index in [1.54, 1.807) is 0 Å². The predicted octanol–water partition coefficient (Wildman–Crippen LogP) is 5.42. The second kappa shape index (κ2) is 9.34. The first kappa shape index (κ1) is 25.3. The van der Waals surface area contributed by atoms with E-state index in [0.717, 1.165) is 40.9 Å². The largest absolute Gasteiger partial charge is 0.420 e. The van der Waals surface area contributed by atoms with Crippen LogP contribution < -0.4 is 10.2 Å². The van der Waals surface area contributed by atoms with Crippen LogP contribution in [-0.4, -0.2) is 46.8 Å². The van der Waals surface area contributed by atoms with Crippen LogP contribution in [-0.2, 0) is 0 Å². The second-order valence-electron chi connectivity index (χ2n) is 8.23. The molecule has 12 heteroatoms. The van der Waals surface area contributed by atoms with Crippen molar-refractivity contribution in [2.75, 3.05) is 30.4 Å². The van der Waals surface area contributed by atoms with Crippen LogP contribution in [0.25, 0.3) is 16.6 Å². The number of benzene rings is 3. The van der Waals surface area contributed by atoms with E-state index in [1.807, 2.05) is 0 Å². The number of nitrogens with zero attached hydrogens (tertiary/aromatic N) is 3. The van der Waals surface area contributed by atoms with Crippen molar-refractivity contribution >= 4 is 22.3 Å². The van der Waals surface area contributed by atoms with Crippen molar-refractivity contribution in [1.29, 1.82) is 0 Å². The molecule has 1 atom stereocenters. The standard InChI is InChI=1S/C24H19F7N4O/c1-34(22-10-15(26)5-7-17(22)27)13-23(36,24(29,30)31)12-32-19-3-2-4-20-16(19)11-33-35(20)21-8-6-14(25)9-18(21)28/h2-11,32,36H,12-13H2,1H3. The molecule has 0 aliphatic heterocycles. The van der Waals surface area contributed by atoms with Gasteiger partial charge in [-0.3, -0.25) is 0 Å². The molecule has 5 nitrogen and oxygen atoms in total. The van der Waals surface area contributed by atoms with E-state index in [4.69, 9.17) is 0 Å². The van der Waals surface area contributed by atoms with Crippen molar-refractivity contribution in [2.45, 2.75) is 11.8 Å². The number of rotatable bonds is 7. The summed E-state index contributed by atoms with van der Waals surface area (Å²) in [5, 5.41) is 17.5. The minimum absolute atomic E-state index is 0.0749. The summed E-state index contributed by atoms with van der Waals surface area (Å²) in [7, 11) is 1.09. The number of alkyl halides is 3. The molecule has 190 valence electrons. The lowest BCUT2D eigenvalue weighted by molar-refractivity contribution is -0.250. The number of fused-ring (bicyclic) bond motifs is 1. The number of anilines is 2. The van der Waals surface area contributed by atoms with Gasteiger partial charge in [-0.2, -0.15) is 18.3 Å². The average molecular weight is 512 g/mol. The molecule has 1 unspecified atom stereocenters. The van der Waals surface area contributed by atoms with Crippen molar-refractivity contribution < 1.29 is 35.8 Å². The maximum absolute atomic E-state index is 14.3. The number of aromatic nitrogens is 2. The van der Waals surface area contributed by atoms with Crippen molar-refractivity contribution in [3.63, 3.8) is 0 Å². The van der Waals surface area contributed by atoms with Crippen molar-refractivity contribution in [3.8, 4) is 5.69 Å². The first-order valence-electron chi connectivity index (χ1n) is 10.5. The van der Waals surface area contributed by atoms with Gasteiger partial charge in [0.1, 0.15) is 23.1 Å². The fourth-order valence-corrected chi connectivity index (χ4v) is 3.79. The molecule has 4 rings (SSSR count). The Balaban J connectivity index is 1.62. The highest BCUT2D eigenvalue weighted by Gasteiger charge is 2.54. The number of hydrogen-bond donors (Lipinski definition) is 2. The molecule has 2 N–H and O–H groups in total. The van der Waals surface area contributed by atoms with Gasteiger partial charge in [0.25, 0.3) is 0 Å². The molecule has 0 spiro atoms. The molecule has 0 saturated carbocycles. The summed E-state index contributed by atoms with van der Waals surface area (Å²) >= 11 is 0. The Bertz CT molecular complexity index is 1410. The van der Waals surface area contributed by atoms with Gasteiger partial charge in [-0.15, -0.1) is 0 Å². The highest BCUT2D eigenvalue weighted by atomic mass is 19.4. The number of nitrogens with one attached hydrogen (secondary N) is 1. The Morgan fingerprint density at radius 3 is 2.33 bits per heavy atom. The van der Waals surface area contributed by atoms with Gasteiger partial charge in [0, 0.05) is 30.3 Å². The fourth-order valence-electron chi connectivity index (χ4n) is 3.79. The molecule has 0 aliphatic rings. The van der Waals surface area contributed by atoms with Crippen molar-refractivity contribution in [1.82, 2.24) is 9.78 Å². The SMILES string of the molecule is CN(CC(O)(CNc1cccc2c1cnn2-c1ccc(F)cc1F)C(F)(F)F)c1cc(F)ccc1F. The third kappa shape index (κ3) is 4.81. The second-order valence-corrected chi connectivity index (χ2v) is 8.23. The Hall–Kier alpha value is -3.80. The number of likely N-dealkylation sites (N-methyl/N-ethyl adjacent to an activating group) is 1. The molecule has 0 bridgehead atoms. The third-order valence-electron chi connectivity index (χ3n) is 5.67. The molecule has 0 aliphatic carbocycles. The molecule has 4 aromatic rings. The van der Waals surface area contributed by atoms with Gasteiger partial charge in [0.05, 0.1) is 30.5 Å². The number of aliphatic hydroxyl groups is 1. The Morgan fingerprint density at radius 2 is 1.64 bits per heavy atom. The van der Waals surface area contributed by atoms with E-state index in [2.05, 4.69) is 10.4 Å². The topological polar surface area (TPSA) is 53.3 Å². The van der Waals surface area contributed by atoms with Crippen LogP contribution in [0, 0.1) is 23.3 Å². The van der Waals surface area contributed by atoms with Gasteiger partial charge < -0.3 is 15.3 Å². The van der Waals surface area contributed by atoms with Gasteiger partial charge in [0.15, 0.2) is 11.4 Å². The van der Waals surface area contributed by atoms with Crippen molar-refractivity contribution in [3.05, 3.63) is 84.1 Å². The summed E-state index contributed by atoms with van der Waals surface area (Å²) in [6.45, 7) is -2.16. The Kier molecular flexibility index (Phi) is 6.56. The quantitative estimate of drug-likeness (QED) is 0.325. The van der Waals surface area contributed by atoms with E-state index >= 15 is 0 Å². The van der Waals surface area contributed by atoms with Gasteiger partial charge in [-0.25, -0.2) is 22.2 Å². The first-order valence-corrected chi connectivity index (χ1v) is 10.5.